The van der Waals surface area contributed by atoms with Crippen molar-refractivity contribution in [3.05, 3.63) is 76.1 Å². The minimum absolute atomic E-state index is 0.0533. The van der Waals surface area contributed by atoms with Crippen LogP contribution in [0.3, 0.4) is 0 Å². The summed E-state index contributed by atoms with van der Waals surface area (Å²) in [5.41, 5.74) is 0.733. The monoisotopic (exact) mass is 412 g/mol. The summed E-state index contributed by atoms with van der Waals surface area (Å²) in [6.45, 7) is 0. The van der Waals surface area contributed by atoms with E-state index in [0.29, 0.717) is 10.7 Å². The molecule has 0 aliphatic heterocycles. The van der Waals surface area contributed by atoms with Crippen molar-refractivity contribution in [1.29, 1.82) is 0 Å². The molecule has 1 aliphatic carbocycles. The fourth-order valence-corrected chi connectivity index (χ4v) is 2.94. The number of ketones is 2. The minimum atomic E-state index is -0.582. The smallest absolute Gasteiger partial charge is 0.306 e. The molecule has 148 valence electrons. The average molecular weight is 413 g/mol. The highest BCUT2D eigenvalue weighted by Gasteiger charge is 2.33. The lowest BCUT2D eigenvalue weighted by molar-refractivity contribution is -0.142. The number of benzene rings is 2. The summed E-state index contributed by atoms with van der Waals surface area (Å²) in [6.07, 6.45) is -0.332. The molecule has 0 bridgehead atoms. The van der Waals surface area contributed by atoms with E-state index in [1.807, 2.05) is 0 Å². The number of fused-ring (bicyclic) bond motifs is 1. The third kappa shape index (κ3) is 4.52. The van der Waals surface area contributed by atoms with Crippen LogP contribution in [0, 0.1) is 0 Å². The van der Waals surface area contributed by atoms with Crippen LogP contribution in [0.25, 0.3) is 0 Å². The van der Waals surface area contributed by atoms with Gasteiger partial charge in [-0.2, -0.15) is 0 Å². The molecule has 7 nitrogen and oxygen atoms in total. The summed E-state index contributed by atoms with van der Waals surface area (Å²) in [5, 5.41) is 5.89. The predicted octanol–water partition coefficient (Wildman–Crippen LogP) is 3.11. The number of amides is 1. The van der Waals surface area contributed by atoms with Crippen molar-refractivity contribution < 1.29 is 23.9 Å². The third-order valence-corrected chi connectivity index (χ3v) is 4.53. The second-order valence-corrected chi connectivity index (χ2v) is 6.65. The topological polar surface area (TPSA) is 102 Å². The molecule has 29 heavy (non-hydrogen) atoms. The van der Waals surface area contributed by atoms with Gasteiger partial charge in [-0.1, -0.05) is 35.9 Å². The second kappa shape index (κ2) is 8.70. The molecule has 0 unspecified atom stereocenters. The van der Waals surface area contributed by atoms with E-state index < -0.39 is 23.4 Å². The lowest BCUT2D eigenvalue weighted by atomic mass is 9.90. The zero-order valence-corrected chi connectivity index (χ0v) is 16.2. The summed E-state index contributed by atoms with van der Waals surface area (Å²) in [7, 11) is 1.22. The number of ether oxygens (including phenoxy) is 1. The number of carbonyl (C=O) groups excluding carboxylic acids is 4. The van der Waals surface area contributed by atoms with Gasteiger partial charge in [-0.05, 0) is 24.3 Å². The zero-order valence-electron chi connectivity index (χ0n) is 15.5. The van der Waals surface area contributed by atoms with Crippen molar-refractivity contribution in [2.75, 3.05) is 12.4 Å². The first-order valence-corrected chi connectivity index (χ1v) is 9.10. The van der Waals surface area contributed by atoms with E-state index in [0.717, 1.165) is 0 Å². The van der Waals surface area contributed by atoms with Crippen LogP contribution < -0.4 is 10.6 Å². The molecule has 0 heterocycles. The zero-order chi connectivity index (χ0) is 21.0. The number of halogens is 1. The van der Waals surface area contributed by atoms with Crippen LogP contribution in [0.15, 0.2) is 59.9 Å². The second-order valence-electron chi connectivity index (χ2n) is 6.21. The molecule has 2 N–H and O–H groups in total. The number of nitrogens with one attached hydrogen (secondary N) is 2. The van der Waals surface area contributed by atoms with E-state index in [4.69, 9.17) is 11.6 Å². The summed E-state index contributed by atoms with van der Waals surface area (Å²) in [5.74, 6) is -2.06. The van der Waals surface area contributed by atoms with E-state index in [9.17, 15) is 19.2 Å². The van der Waals surface area contributed by atoms with Crippen molar-refractivity contribution >= 4 is 40.7 Å². The average Bonchev–Trinajstić information content (AvgIpc) is 2.74. The number of anilines is 1. The Morgan fingerprint density at radius 1 is 0.897 bits per heavy atom. The molecule has 8 heteroatoms. The Labute approximate surface area is 171 Å². The number of Topliss-reactive ketones (excluding diaryl/α,β-unsaturated/α-hetero) is 2. The minimum Gasteiger partial charge on any atom is -0.469 e. The summed E-state index contributed by atoms with van der Waals surface area (Å²) >= 11 is 5.89. The van der Waals surface area contributed by atoms with Crippen molar-refractivity contribution in [3.63, 3.8) is 0 Å². The first-order chi connectivity index (χ1) is 13.9. The van der Waals surface area contributed by atoms with Gasteiger partial charge in [0.25, 0.3) is 0 Å². The maximum atomic E-state index is 13.0. The Kier molecular flexibility index (Phi) is 6.09. The van der Waals surface area contributed by atoms with Gasteiger partial charge in [0.15, 0.2) is 0 Å². The van der Waals surface area contributed by atoms with E-state index in [1.165, 1.54) is 13.2 Å². The standard InChI is InChI=1S/C21H17ClN2O5/c1-29-17(26)11-10-16(25)24-19-18(23-13-8-6-12(22)7-9-13)20(27)14-4-2-3-5-15(14)21(19)28/h2-9,23H,10-11H2,1H3,(H,24,25). The summed E-state index contributed by atoms with van der Waals surface area (Å²) in [4.78, 5) is 49.5. The predicted molar refractivity (Wildman–Crippen MR) is 107 cm³/mol. The highest BCUT2D eigenvalue weighted by atomic mass is 35.5. The molecule has 0 radical (unpaired) electrons. The molecular formula is C21H17ClN2O5. The van der Waals surface area contributed by atoms with Gasteiger partial charge >= 0.3 is 5.97 Å². The Hall–Kier alpha value is -3.45. The fraction of sp³-hybridized carbons (Fsp3) is 0.143. The third-order valence-electron chi connectivity index (χ3n) is 4.28. The van der Waals surface area contributed by atoms with Crippen molar-refractivity contribution in [3.8, 4) is 0 Å². The molecule has 0 aromatic heterocycles. The fourth-order valence-electron chi connectivity index (χ4n) is 2.81. The Bertz CT molecular complexity index is 1030. The Balaban J connectivity index is 1.95. The van der Waals surface area contributed by atoms with Crippen LogP contribution >= 0.6 is 11.6 Å². The molecule has 0 atom stereocenters. The summed E-state index contributed by atoms with van der Waals surface area (Å²) < 4.78 is 4.51. The van der Waals surface area contributed by atoms with Crippen LogP contribution in [0.2, 0.25) is 5.02 Å². The van der Waals surface area contributed by atoms with Gasteiger partial charge in [-0.3, -0.25) is 19.2 Å². The number of allylic oxidation sites excluding steroid dienone is 2. The summed E-state index contributed by atoms with van der Waals surface area (Å²) in [6, 6.07) is 12.9. The molecule has 0 saturated carbocycles. The highest BCUT2D eigenvalue weighted by molar-refractivity contribution is 6.30. The molecule has 1 aliphatic rings. The molecule has 1 amide bonds. The Morgan fingerprint density at radius 2 is 1.48 bits per heavy atom. The quantitative estimate of drug-likeness (QED) is 0.707. The molecule has 3 rings (SSSR count). The lowest BCUT2D eigenvalue weighted by Crippen LogP contribution is -2.36. The number of methoxy groups -OCH3 is 1. The maximum absolute atomic E-state index is 13.0. The van der Waals surface area contributed by atoms with Crippen LogP contribution in [0.1, 0.15) is 33.6 Å². The molecule has 0 spiro atoms. The first-order valence-electron chi connectivity index (χ1n) is 8.72. The molecule has 0 saturated heterocycles. The first kappa shape index (κ1) is 20.3. The van der Waals surface area contributed by atoms with Gasteiger partial charge < -0.3 is 15.4 Å². The van der Waals surface area contributed by atoms with Crippen LogP contribution in [0.4, 0.5) is 5.69 Å². The van der Waals surface area contributed by atoms with E-state index in [2.05, 4.69) is 15.4 Å². The number of carbonyl (C=O) groups is 4. The van der Waals surface area contributed by atoms with Gasteiger partial charge in [-0.25, -0.2) is 0 Å². The van der Waals surface area contributed by atoms with Crippen molar-refractivity contribution in [1.82, 2.24) is 5.32 Å². The van der Waals surface area contributed by atoms with Gasteiger partial charge in [-0.15, -0.1) is 0 Å². The Morgan fingerprint density at radius 3 is 2.07 bits per heavy atom. The van der Waals surface area contributed by atoms with E-state index in [1.54, 1.807) is 42.5 Å². The number of rotatable bonds is 6. The van der Waals surface area contributed by atoms with Gasteiger partial charge in [0.2, 0.25) is 17.5 Å². The number of esters is 1. The van der Waals surface area contributed by atoms with E-state index in [-0.39, 0.29) is 35.4 Å². The van der Waals surface area contributed by atoms with Gasteiger partial charge in [0, 0.05) is 28.3 Å². The van der Waals surface area contributed by atoms with Gasteiger partial charge in [0.1, 0.15) is 11.4 Å². The molecule has 0 fully saturated rings. The molecular weight excluding hydrogens is 396 g/mol. The van der Waals surface area contributed by atoms with Crippen LogP contribution in [-0.2, 0) is 14.3 Å². The number of hydrogen-bond donors (Lipinski definition) is 2. The maximum Gasteiger partial charge on any atom is 0.306 e. The van der Waals surface area contributed by atoms with Crippen molar-refractivity contribution in [2.45, 2.75) is 12.8 Å². The van der Waals surface area contributed by atoms with Crippen LogP contribution in [-0.4, -0.2) is 30.6 Å². The van der Waals surface area contributed by atoms with Gasteiger partial charge in [0.05, 0.1) is 13.5 Å². The van der Waals surface area contributed by atoms with Crippen molar-refractivity contribution in [2.24, 2.45) is 0 Å². The SMILES string of the molecule is COC(=O)CCC(=O)NC1=C(Nc2ccc(Cl)cc2)C(=O)c2ccccc2C1=O. The van der Waals surface area contributed by atoms with Crippen LogP contribution in [0.5, 0.6) is 0 Å². The van der Waals surface area contributed by atoms with E-state index >= 15 is 0 Å². The lowest BCUT2D eigenvalue weighted by Gasteiger charge is -2.22. The largest absolute Gasteiger partial charge is 0.469 e. The highest BCUT2D eigenvalue weighted by Crippen LogP contribution is 2.27. The number of hydrogen-bond acceptors (Lipinski definition) is 6. The molecule has 2 aromatic rings. The molecule has 2 aromatic carbocycles. The normalized spacial score (nSPS) is 13.0.